The Morgan fingerprint density at radius 3 is 3.06 bits per heavy atom. The number of carbonyl (C=O) groups is 1. The van der Waals surface area contributed by atoms with Gasteiger partial charge in [-0.15, -0.1) is 0 Å². The lowest BCUT2D eigenvalue weighted by atomic mass is 10.1. The third-order valence-corrected chi connectivity index (χ3v) is 3.07. The average molecular weight is 218 g/mol. The molecule has 0 aliphatic carbocycles. The number of nitrogen functional groups attached to an aromatic ring is 1. The first-order valence-corrected chi connectivity index (χ1v) is 5.91. The van der Waals surface area contributed by atoms with E-state index in [0.717, 1.165) is 37.2 Å². The molecule has 1 aromatic carbocycles. The van der Waals surface area contributed by atoms with E-state index < -0.39 is 0 Å². The maximum Gasteiger partial charge on any atom is 0.227 e. The third-order valence-electron chi connectivity index (χ3n) is 3.07. The van der Waals surface area contributed by atoms with Crippen LogP contribution in [-0.4, -0.2) is 12.5 Å². The number of nitrogens with zero attached hydrogens (tertiary/aromatic N) is 1. The van der Waals surface area contributed by atoms with E-state index in [2.05, 4.69) is 13.0 Å². The zero-order valence-electron chi connectivity index (χ0n) is 9.70. The first-order valence-electron chi connectivity index (χ1n) is 5.91. The smallest absolute Gasteiger partial charge is 0.227 e. The minimum absolute atomic E-state index is 0.207. The maximum atomic E-state index is 12.0. The van der Waals surface area contributed by atoms with Crippen molar-refractivity contribution in [3.05, 3.63) is 23.8 Å². The predicted octanol–water partition coefficient (Wildman–Crippen LogP) is 2.35. The molecule has 16 heavy (non-hydrogen) atoms. The number of carbonyl (C=O) groups excluding carboxylic acids is 1. The summed E-state index contributed by atoms with van der Waals surface area (Å²) in [5, 5.41) is 0. The molecular weight excluding hydrogens is 200 g/mol. The van der Waals surface area contributed by atoms with Crippen molar-refractivity contribution >= 4 is 17.3 Å². The summed E-state index contributed by atoms with van der Waals surface area (Å²) in [6.45, 7) is 2.88. The van der Waals surface area contributed by atoms with Crippen molar-refractivity contribution in [2.75, 3.05) is 17.2 Å². The Labute approximate surface area is 96.2 Å². The second-order valence-electron chi connectivity index (χ2n) is 4.25. The molecule has 0 unspecified atom stereocenters. The van der Waals surface area contributed by atoms with Crippen molar-refractivity contribution in [2.24, 2.45) is 0 Å². The molecule has 0 saturated heterocycles. The van der Waals surface area contributed by atoms with E-state index in [-0.39, 0.29) is 5.91 Å². The molecule has 0 spiro atoms. The number of para-hydroxylation sites is 1. The average Bonchev–Trinajstić information content (AvgIpc) is 2.71. The number of hydrogen-bond donors (Lipinski definition) is 1. The van der Waals surface area contributed by atoms with Gasteiger partial charge < -0.3 is 10.6 Å². The van der Waals surface area contributed by atoms with Crippen molar-refractivity contribution in [2.45, 2.75) is 32.6 Å². The fraction of sp³-hybridized carbons (Fsp3) is 0.462. The lowest BCUT2D eigenvalue weighted by molar-refractivity contribution is -0.118. The monoisotopic (exact) mass is 218 g/mol. The van der Waals surface area contributed by atoms with E-state index in [9.17, 15) is 4.79 Å². The second kappa shape index (κ2) is 4.56. The molecular formula is C13H18N2O. The van der Waals surface area contributed by atoms with Crippen molar-refractivity contribution in [3.63, 3.8) is 0 Å². The minimum Gasteiger partial charge on any atom is -0.397 e. The van der Waals surface area contributed by atoms with Crippen LogP contribution < -0.4 is 10.6 Å². The molecule has 1 aliphatic heterocycles. The molecule has 0 bridgehead atoms. The van der Waals surface area contributed by atoms with Crippen LogP contribution in [0.2, 0.25) is 0 Å². The predicted molar refractivity (Wildman–Crippen MR) is 66.4 cm³/mol. The van der Waals surface area contributed by atoms with Gasteiger partial charge in [-0.3, -0.25) is 4.79 Å². The molecule has 0 saturated carbocycles. The minimum atomic E-state index is 0.207. The summed E-state index contributed by atoms with van der Waals surface area (Å²) in [4.78, 5) is 13.8. The van der Waals surface area contributed by atoms with Crippen molar-refractivity contribution < 1.29 is 4.79 Å². The maximum absolute atomic E-state index is 12.0. The molecule has 2 rings (SSSR count). The Bertz CT molecular complexity index is 401. The Hall–Kier alpha value is -1.51. The number of nitrogens with two attached hydrogens (primary N) is 1. The van der Waals surface area contributed by atoms with Crippen LogP contribution in [0.4, 0.5) is 11.4 Å². The van der Waals surface area contributed by atoms with Gasteiger partial charge in [0.05, 0.1) is 11.4 Å². The standard InChI is InChI=1S/C13H18N2O/c1-2-3-7-12(16)15-9-8-10-5-4-6-11(14)13(10)15/h4-6H,2-3,7-9,14H2,1H3. The van der Waals surface area contributed by atoms with E-state index >= 15 is 0 Å². The van der Waals surface area contributed by atoms with Crippen molar-refractivity contribution in [3.8, 4) is 0 Å². The number of fused-ring (bicyclic) bond motifs is 1. The lowest BCUT2D eigenvalue weighted by Gasteiger charge is -2.18. The van der Waals surface area contributed by atoms with Gasteiger partial charge in [0.1, 0.15) is 0 Å². The second-order valence-corrected chi connectivity index (χ2v) is 4.25. The van der Waals surface area contributed by atoms with Crippen LogP contribution in [0.15, 0.2) is 18.2 Å². The van der Waals surface area contributed by atoms with Gasteiger partial charge in [-0.2, -0.15) is 0 Å². The highest BCUT2D eigenvalue weighted by molar-refractivity contribution is 5.98. The summed E-state index contributed by atoms with van der Waals surface area (Å²) in [6.07, 6.45) is 3.57. The van der Waals surface area contributed by atoms with Crippen LogP contribution in [0.1, 0.15) is 31.7 Å². The van der Waals surface area contributed by atoms with E-state index in [1.807, 2.05) is 17.0 Å². The van der Waals surface area contributed by atoms with Crippen LogP contribution in [0.25, 0.3) is 0 Å². The Morgan fingerprint density at radius 2 is 2.31 bits per heavy atom. The molecule has 86 valence electrons. The fourth-order valence-electron chi connectivity index (χ4n) is 2.20. The van der Waals surface area contributed by atoms with Gasteiger partial charge in [-0.05, 0) is 24.5 Å². The third kappa shape index (κ3) is 1.90. The van der Waals surface area contributed by atoms with Crippen LogP contribution in [0.3, 0.4) is 0 Å². The van der Waals surface area contributed by atoms with Gasteiger partial charge in [-0.25, -0.2) is 0 Å². The highest BCUT2D eigenvalue weighted by Gasteiger charge is 2.25. The summed E-state index contributed by atoms with van der Waals surface area (Å²) in [5.74, 6) is 0.207. The number of unbranched alkanes of at least 4 members (excludes halogenated alkanes) is 1. The summed E-state index contributed by atoms with van der Waals surface area (Å²) in [5.41, 5.74) is 8.80. The van der Waals surface area contributed by atoms with Gasteiger partial charge in [0.25, 0.3) is 0 Å². The van der Waals surface area contributed by atoms with E-state index in [1.165, 1.54) is 5.56 Å². The van der Waals surface area contributed by atoms with E-state index in [4.69, 9.17) is 5.73 Å². The number of rotatable bonds is 3. The highest BCUT2D eigenvalue weighted by atomic mass is 16.2. The molecule has 1 aliphatic rings. The molecule has 1 heterocycles. The molecule has 0 fully saturated rings. The molecule has 1 aromatic rings. The molecule has 3 heteroatoms. The lowest BCUT2D eigenvalue weighted by Crippen LogP contribution is -2.29. The van der Waals surface area contributed by atoms with Crippen LogP contribution in [-0.2, 0) is 11.2 Å². The Kier molecular flexibility index (Phi) is 3.13. The largest absolute Gasteiger partial charge is 0.397 e. The topological polar surface area (TPSA) is 46.3 Å². The Balaban J connectivity index is 2.19. The number of anilines is 2. The number of hydrogen-bond acceptors (Lipinski definition) is 2. The summed E-state index contributed by atoms with van der Waals surface area (Å²) in [6, 6.07) is 5.87. The molecule has 0 aromatic heterocycles. The van der Waals surface area contributed by atoms with Gasteiger partial charge in [0.2, 0.25) is 5.91 Å². The zero-order chi connectivity index (χ0) is 11.5. The van der Waals surface area contributed by atoms with Crippen LogP contribution in [0, 0.1) is 0 Å². The van der Waals surface area contributed by atoms with E-state index in [1.54, 1.807) is 0 Å². The van der Waals surface area contributed by atoms with Crippen LogP contribution in [0.5, 0.6) is 0 Å². The van der Waals surface area contributed by atoms with E-state index in [0.29, 0.717) is 6.42 Å². The van der Waals surface area contributed by atoms with Crippen molar-refractivity contribution in [1.82, 2.24) is 0 Å². The number of amides is 1. The van der Waals surface area contributed by atoms with Crippen LogP contribution >= 0.6 is 0 Å². The Morgan fingerprint density at radius 1 is 1.50 bits per heavy atom. The van der Waals surface area contributed by atoms with Crippen molar-refractivity contribution in [1.29, 1.82) is 0 Å². The van der Waals surface area contributed by atoms with Gasteiger partial charge in [0.15, 0.2) is 0 Å². The quantitative estimate of drug-likeness (QED) is 0.791. The highest BCUT2D eigenvalue weighted by Crippen LogP contribution is 2.34. The summed E-state index contributed by atoms with van der Waals surface area (Å²) >= 11 is 0. The van der Waals surface area contributed by atoms with Gasteiger partial charge in [0, 0.05) is 13.0 Å². The normalized spacial score (nSPS) is 13.9. The van der Waals surface area contributed by atoms with Gasteiger partial charge in [-0.1, -0.05) is 25.5 Å². The summed E-state index contributed by atoms with van der Waals surface area (Å²) < 4.78 is 0. The fourth-order valence-corrected chi connectivity index (χ4v) is 2.20. The summed E-state index contributed by atoms with van der Waals surface area (Å²) in [7, 11) is 0. The molecule has 2 N–H and O–H groups in total. The molecule has 0 radical (unpaired) electrons. The first-order chi connectivity index (χ1) is 7.74. The zero-order valence-corrected chi connectivity index (χ0v) is 9.70. The molecule has 0 atom stereocenters. The molecule has 3 nitrogen and oxygen atoms in total. The first kappa shape index (κ1) is 11.0. The SMILES string of the molecule is CCCCC(=O)N1CCc2cccc(N)c21. The number of benzene rings is 1. The molecule has 1 amide bonds. The van der Waals surface area contributed by atoms with Gasteiger partial charge >= 0.3 is 0 Å².